The van der Waals surface area contributed by atoms with Gasteiger partial charge in [0.15, 0.2) is 0 Å². The fourth-order valence-corrected chi connectivity index (χ4v) is 5.81. The lowest BCUT2D eigenvalue weighted by Crippen LogP contribution is -2.96. The molecular formula is C16H30NO+. The zero-order valence-electron chi connectivity index (χ0n) is 12.2. The van der Waals surface area contributed by atoms with Crippen molar-refractivity contribution in [3.05, 3.63) is 0 Å². The Balaban J connectivity index is 1.74. The number of nitrogens with two attached hydrogens (primary N) is 1. The van der Waals surface area contributed by atoms with Gasteiger partial charge in [-0.3, -0.25) is 0 Å². The SMILES string of the molecule is CC(C)[NH2+][C@H](C)[C@@H](O)C12CC3CC(CC(C3)C1)C2. The normalized spacial score (nSPS) is 45.5. The molecule has 0 aromatic heterocycles. The maximum atomic E-state index is 10.9. The van der Waals surface area contributed by atoms with Gasteiger partial charge in [-0.1, -0.05) is 0 Å². The summed E-state index contributed by atoms with van der Waals surface area (Å²) < 4.78 is 0. The number of hydrogen-bond donors (Lipinski definition) is 2. The third-order valence-corrected chi connectivity index (χ3v) is 5.90. The minimum atomic E-state index is -0.0895. The van der Waals surface area contributed by atoms with E-state index in [1.807, 2.05) is 0 Å². The molecule has 0 radical (unpaired) electrons. The smallest absolute Gasteiger partial charge is 0.111 e. The average Bonchev–Trinajstić information content (AvgIpc) is 2.25. The van der Waals surface area contributed by atoms with Crippen molar-refractivity contribution in [3.63, 3.8) is 0 Å². The molecule has 2 heteroatoms. The van der Waals surface area contributed by atoms with Gasteiger partial charge in [0.1, 0.15) is 12.1 Å². The van der Waals surface area contributed by atoms with Crippen molar-refractivity contribution >= 4 is 0 Å². The molecule has 0 aliphatic heterocycles. The molecule has 4 fully saturated rings. The highest BCUT2D eigenvalue weighted by Gasteiger charge is 2.55. The second-order valence-electron chi connectivity index (χ2n) is 8.02. The van der Waals surface area contributed by atoms with E-state index in [9.17, 15) is 5.11 Å². The molecule has 0 aromatic carbocycles. The fourth-order valence-electron chi connectivity index (χ4n) is 5.81. The molecule has 4 aliphatic carbocycles. The van der Waals surface area contributed by atoms with Crippen molar-refractivity contribution in [1.29, 1.82) is 0 Å². The van der Waals surface area contributed by atoms with Crippen LogP contribution in [0.5, 0.6) is 0 Å². The summed E-state index contributed by atoms with van der Waals surface area (Å²) in [5.74, 6) is 2.83. The summed E-state index contributed by atoms with van der Waals surface area (Å²) in [5.41, 5.74) is 0.291. The summed E-state index contributed by atoms with van der Waals surface area (Å²) in [6.45, 7) is 6.68. The van der Waals surface area contributed by atoms with Crippen molar-refractivity contribution in [2.24, 2.45) is 23.2 Å². The molecule has 4 rings (SSSR count). The van der Waals surface area contributed by atoms with Gasteiger partial charge in [-0.15, -0.1) is 0 Å². The van der Waals surface area contributed by atoms with Gasteiger partial charge in [-0.05, 0) is 77.0 Å². The van der Waals surface area contributed by atoms with E-state index < -0.39 is 0 Å². The first-order valence-corrected chi connectivity index (χ1v) is 8.01. The van der Waals surface area contributed by atoms with Crippen LogP contribution in [0.25, 0.3) is 0 Å². The molecule has 0 unspecified atom stereocenters. The lowest BCUT2D eigenvalue weighted by atomic mass is 9.47. The second-order valence-corrected chi connectivity index (χ2v) is 8.02. The van der Waals surface area contributed by atoms with E-state index in [4.69, 9.17) is 0 Å². The molecule has 0 aromatic rings. The predicted octanol–water partition coefficient (Wildman–Crippen LogP) is 1.92. The molecule has 4 saturated carbocycles. The highest BCUT2D eigenvalue weighted by atomic mass is 16.3. The Bertz CT molecular complexity index is 277. The summed E-state index contributed by atoms with van der Waals surface area (Å²) in [5, 5.41) is 13.3. The third kappa shape index (κ3) is 2.12. The average molecular weight is 252 g/mol. The molecule has 0 heterocycles. The molecule has 4 aliphatic rings. The Morgan fingerprint density at radius 2 is 1.39 bits per heavy atom. The Morgan fingerprint density at radius 3 is 1.78 bits per heavy atom. The monoisotopic (exact) mass is 252 g/mol. The second kappa shape index (κ2) is 4.49. The first-order chi connectivity index (χ1) is 8.48. The maximum absolute atomic E-state index is 10.9. The quantitative estimate of drug-likeness (QED) is 0.788. The van der Waals surface area contributed by atoms with Crippen molar-refractivity contribution in [2.75, 3.05) is 0 Å². The van der Waals surface area contributed by atoms with E-state index >= 15 is 0 Å². The highest BCUT2D eigenvalue weighted by molar-refractivity contribution is 5.05. The van der Waals surface area contributed by atoms with Gasteiger partial charge in [0, 0.05) is 5.41 Å². The van der Waals surface area contributed by atoms with Crippen LogP contribution < -0.4 is 5.32 Å². The molecular weight excluding hydrogens is 222 g/mol. The zero-order chi connectivity index (χ0) is 12.9. The van der Waals surface area contributed by atoms with Crippen molar-refractivity contribution in [3.8, 4) is 0 Å². The molecule has 0 saturated heterocycles. The lowest BCUT2D eigenvalue weighted by Gasteiger charge is -2.58. The lowest BCUT2D eigenvalue weighted by molar-refractivity contribution is -0.721. The number of quaternary nitrogens is 1. The standard InChI is InChI=1S/C16H29NO/c1-10(2)17-11(3)15(18)16-7-12-4-13(8-16)6-14(5-12)9-16/h10-15,17-18H,4-9H2,1-3H3/p+1/t11-,12?,13?,14?,15-,16?/m1/s1. The summed E-state index contributed by atoms with van der Waals surface area (Å²) in [7, 11) is 0. The van der Waals surface area contributed by atoms with E-state index in [2.05, 4.69) is 26.1 Å². The Labute approximate surface area is 112 Å². The van der Waals surface area contributed by atoms with Gasteiger partial charge in [0.05, 0.1) is 6.04 Å². The summed E-state index contributed by atoms with van der Waals surface area (Å²) >= 11 is 0. The van der Waals surface area contributed by atoms with Crippen LogP contribution in [0.4, 0.5) is 0 Å². The summed E-state index contributed by atoms with van der Waals surface area (Å²) in [6, 6.07) is 0.949. The van der Waals surface area contributed by atoms with Crippen LogP contribution >= 0.6 is 0 Å². The van der Waals surface area contributed by atoms with Gasteiger partial charge in [0.2, 0.25) is 0 Å². The van der Waals surface area contributed by atoms with Gasteiger partial charge >= 0.3 is 0 Å². The van der Waals surface area contributed by atoms with Gasteiger partial charge in [-0.25, -0.2) is 0 Å². The van der Waals surface area contributed by atoms with Crippen molar-refractivity contribution in [2.45, 2.75) is 77.5 Å². The molecule has 18 heavy (non-hydrogen) atoms. The van der Waals surface area contributed by atoms with Gasteiger partial charge in [0.25, 0.3) is 0 Å². The van der Waals surface area contributed by atoms with Crippen LogP contribution in [-0.2, 0) is 0 Å². The first-order valence-electron chi connectivity index (χ1n) is 8.01. The van der Waals surface area contributed by atoms with Crippen LogP contribution in [0.2, 0.25) is 0 Å². The fraction of sp³-hybridized carbons (Fsp3) is 1.00. The van der Waals surface area contributed by atoms with E-state index in [1.54, 1.807) is 0 Å². The molecule has 3 N–H and O–H groups in total. The minimum Gasteiger partial charge on any atom is -0.386 e. The van der Waals surface area contributed by atoms with Crippen LogP contribution in [-0.4, -0.2) is 23.3 Å². The largest absolute Gasteiger partial charge is 0.386 e. The van der Waals surface area contributed by atoms with Crippen LogP contribution in [0.15, 0.2) is 0 Å². The molecule has 2 atom stereocenters. The van der Waals surface area contributed by atoms with Crippen LogP contribution in [0.3, 0.4) is 0 Å². The van der Waals surface area contributed by atoms with Gasteiger partial charge < -0.3 is 10.4 Å². The zero-order valence-corrected chi connectivity index (χ0v) is 12.2. The topological polar surface area (TPSA) is 36.8 Å². The summed E-state index contributed by atoms with van der Waals surface area (Å²) in [4.78, 5) is 0. The predicted molar refractivity (Wildman–Crippen MR) is 73.1 cm³/mol. The summed E-state index contributed by atoms with van der Waals surface area (Å²) in [6.07, 6.45) is 8.26. The van der Waals surface area contributed by atoms with Crippen LogP contribution in [0, 0.1) is 23.2 Å². The van der Waals surface area contributed by atoms with E-state index in [-0.39, 0.29) is 6.10 Å². The molecule has 4 bridgehead atoms. The van der Waals surface area contributed by atoms with E-state index in [1.165, 1.54) is 38.5 Å². The Hall–Kier alpha value is -0.0800. The van der Waals surface area contributed by atoms with Crippen LogP contribution in [0.1, 0.15) is 59.3 Å². The minimum absolute atomic E-state index is 0.0895. The number of aliphatic hydroxyl groups excluding tert-OH is 1. The maximum Gasteiger partial charge on any atom is 0.111 e. The number of aliphatic hydroxyl groups is 1. The van der Waals surface area contributed by atoms with E-state index in [0.717, 1.165) is 17.8 Å². The number of hydrogen-bond acceptors (Lipinski definition) is 1. The molecule has 0 spiro atoms. The number of rotatable bonds is 4. The molecule has 2 nitrogen and oxygen atoms in total. The molecule has 0 amide bonds. The molecule has 104 valence electrons. The highest BCUT2D eigenvalue weighted by Crippen LogP contribution is 2.61. The Morgan fingerprint density at radius 1 is 0.944 bits per heavy atom. The third-order valence-electron chi connectivity index (χ3n) is 5.90. The van der Waals surface area contributed by atoms with Crippen molar-refractivity contribution < 1.29 is 10.4 Å². The Kier molecular flexibility index (Phi) is 3.22. The van der Waals surface area contributed by atoms with Crippen molar-refractivity contribution in [1.82, 2.24) is 0 Å². The first kappa shape index (κ1) is 12.9. The van der Waals surface area contributed by atoms with Gasteiger partial charge in [-0.2, -0.15) is 0 Å². The van der Waals surface area contributed by atoms with E-state index in [0.29, 0.717) is 17.5 Å².